The lowest BCUT2D eigenvalue weighted by Gasteiger charge is -2.25. The number of nitrogens with zero attached hydrogens (tertiary/aromatic N) is 4. The van der Waals surface area contributed by atoms with E-state index in [1.807, 2.05) is 12.1 Å². The molecule has 3 aromatic rings. The molecule has 0 bridgehead atoms. The highest BCUT2D eigenvalue weighted by molar-refractivity contribution is 5.70. The van der Waals surface area contributed by atoms with Gasteiger partial charge in [0.15, 0.2) is 5.52 Å². The van der Waals surface area contributed by atoms with E-state index in [2.05, 4.69) is 32.6 Å². The molecule has 20 heavy (non-hydrogen) atoms. The van der Waals surface area contributed by atoms with E-state index in [1.165, 1.54) is 22.0 Å². The van der Waals surface area contributed by atoms with Crippen molar-refractivity contribution in [1.29, 1.82) is 0 Å². The first-order valence-electron chi connectivity index (χ1n) is 6.71. The minimum absolute atomic E-state index is 0.0346. The van der Waals surface area contributed by atoms with E-state index in [0.717, 1.165) is 19.3 Å². The standard InChI is InChI=1S/C14H13N5O/c20-14-13-11(8-15-17-13)16-18-19(14)12-7-3-5-9-4-1-2-6-10(9)12/h1-2,4,6,8,12H,3,5,7H2,(H,15,17)/t12-/m1/s1. The van der Waals surface area contributed by atoms with E-state index in [1.54, 1.807) is 0 Å². The molecule has 1 N–H and O–H groups in total. The number of aromatic amines is 1. The molecule has 0 spiro atoms. The normalized spacial score (nSPS) is 18.1. The van der Waals surface area contributed by atoms with E-state index >= 15 is 0 Å². The van der Waals surface area contributed by atoms with Crippen LogP contribution in [0.15, 0.2) is 35.3 Å². The molecule has 100 valence electrons. The maximum atomic E-state index is 12.5. The molecule has 2 heterocycles. The Morgan fingerprint density at radius 1 is 1.30 bits per heavy atom. The van der Waals surface area contributed by atoms with Gasteiger partial charge in [0.25, 0.3) is 5.56 Å². The van der Waals surface area contributed by atoms with Gasteiger partial charge in [-0.3, -0.25) is 9.89 Å². The molecule has 0 amide bonds. The lowest BCUT2D eigenvalue weighted by molar-refractivity contribution is 0.419. The summed E-state index contributed by atoms with van der Waals surface area (Å²) in [6.45, 7) is 0. The van der Waals surface area contributed by atoms with Crippen LogP contribution < -0.4 is 5.56 Å². The summed E-state index contributed by atoms with van der Waals surface area (Å²) in [5, 5.41) is 14.7. The van der Waals surface area contributed by atoms with Crippen molar-refractivity contribution in [3.05, 3.63) is 51.9 Å². The van der Waals surface area contributed by atoms with Gasteiger partial charge in [0, 0.05) is 0 Å². The molecule has 2 aromatic heterocycles. The van der Waals surface area contributed by atoms with Crippen LogP contribution in [0.5, 0.6) is 0 Å². The topological polar surface area (TPSA) is 76.5 Å². The van der Waals surface area contributed by atoms with Crippen molar-refractivity contribution in [3.8, 4) is 0 Å². The number of fused-ring (bicyclic) bond motifs is 2. The van der Waals surface area contributed by atoms with Crippen molar-refractivity contribution in [2.45, 2.75) is 25.3 Å². The minimum Gasteiger partial charge on any atom is -0.271 e. The van der Waals surface area contributed by atoms with Crippen LogP contribution in [0.2, 0.25) is 0 Å². The van der Waals surface area contributed by atoms with Crippen molar-refractivity contribution < 1.29 is 0 Å². The van der Waals surface area contributed by atoms with Gasteiger partial charge in [-0.2, -0.15) is 5.10 Å². The fraction of sp³-hybridized carbons (Fsp3) is 0.286. The third kappa shape index (κ3) is 1.57. The van der Waals surface area contributed by atoms with Crippen LogP contribution in [0.1, 0.15) is 30.0 Å². The lowest BCUT2D eigenvalue weighted by Crippen LogP contribution is -2.31. The second kappa shape index (κ2) is 4.26. The quantitative estimate of drug-likeness (QED) is 0.723. The van der Waals surface area contributed by atoms with E-state index in [9.17, 15) is 4.79 Å². The summed E-state index contributed by atoms with van der Waals surface area (Å²) in [4.78, 5) is 12.5. The smallest absolute Gasteiger partial charge is 0.271 e. The van der Waals surface area contributed by atoms with Crippen LogP contribution in [-0.2, 0) is 6.42 Å². The molecule has 0 radical (unpaired) electrons. The third-order valence-electron chi connectivity index (χ3n) is 3.92. The van der Waals surface area contributed by atoms with Crippen LogP contribution in [0, 0.1) is 0 Å². The Balaban J connectivity index is 1.92. The van der Waals surface area contributed by atoms with Crippen LogP contribution in [0.25, 0.3) is 11.0 Å². The highest BCUT2D eigenvalue weighted by Crippen LogP contribution is 2.31. The van der Waals surface area contributed by atoms with Gasteiger partial charge in [0.2, 0.25) is 0 Å². The highest BCUT2D eigenvalue weighted by Gasteiger charge is 2.24. The molecule has 0 saturated carbocycles. The number of hydrogen-bond donors (Lipinski definition) is 1. The zero-order valence-corrected chi connectivity index (χ0v) is 10.8. The summed E-state index contributed by atoms with van der Waals surface area (Å²) in [6.07, 6.45) is 4.53. The van der Waals surface area contributed by atoms with Crippen molar-refractivity contribution in [3.63, 3.8) is 0 Å². The fourth-order valence-corrected chi connectivity index (χ4v) is 2.95. The minimum atomic E-state index is -0.158. The zero-order valence-electron chi connectivity index (χ0n) is 10.8. The molecule has 0 aliphatic heterocycles. The Morgan fingerprint density at radius 2 is 2.20 bits per heavy atom. The molecule has 4 rings (SSSR count). The first-order valence-corrected chi connectivity index (χ1v) is 6.71. The fourth-order valence-electron chi connectivity index (χ4n) is 2.95. The summed E-state index contributed by atoms with van der Waals surface area (Å²) in [5.41, 5.74) is 3.24. The summed E-state index contributed by atoms with van der Waals surface area (Å²) in [7, 11) is 0. The van der Waals surface area contributed by atoms with Crippen molar-refractivity contribution in [1.82, 2.24) is 25.2 Å². The SMILES string of the molecule is O=c1c2[nH]ncc2nnn1[C@@H]1CCCc2ccccc21. The second-order valence-electron chi connectivity index (χ2n) is 5.08. The average molecular weight is 267 g/mol. The maximum absolute atomic E-state index is 12.5. The van der Waals surface area contributed by atoms with E-state index < -0.39 is 0 Å². The van der Waals surface area contributed by atoms with Crippen LogP contribution in [-0.4, -0.2) is 25.2 Å². The Hall–Kier alpha value is -2.50. The first-order chi connectivity index (χ1) is 9.84. The van der Waals surface area contributed by atoms with Crippen LogP contribution in [0.3, 0.4) is 0 Å². The molecule has 0 fully saturated rings. The van der Waals surface area contributed by atoms with Crippen molar-refractivity contribution in [2.24, 2.45) is 0 Å². The molecule has 6 heteroatoms. The predicted molar refractivity (Wildman–Crippen MR) is 73.5 cm³/mol. The Morgan fingerprint density at radius 3 is 3.15 bits per heavy atom. The Labute approximate surface area is 114 Å². The molecular weight excluding hydrogens is 254 g/mol. The molecule has 1 atom stereocenters. The van der Waals surface area contributed by atoms with Crippen molar-refractivity contribution in [2.75, 3.05) is 0 Å². The summed E-state index contributed by atoms with van der Waals surface area (Å²) in [6, 6.07) is 8.20. The molecule has 0 saturated heterocycles. The largest absolute Gasteiger partial charge is 0.296 e. The second-order valence-corrected chi connectivity index (χ2v) is 5.08. The summed E-state index contributed by atoms with van der Waals surface area (Å²) >= 11 is 0. The number of hydrogen-bond acceptors (Lipinski definition) is 4. The first kappa shape index (κ1) is 11.3. The molecule has 1 aliphatic carbocycles. The average Bonchev–Trinajstić information content (AvgIpc) is 2.97. The zero-order chi connectivity index (χ0) is 13.5. The number of H-pyrrole nitrogens is 1. The van der Waals surface area contributed by atoms with Gasteiger partial charge < -0.3 is 0 Å². The molecule has 6 nitrogen and oxygen atoms in total. The van der Waals surface area contributed by atoms with Gasteiger partial charge >= 0.3 is 0 Å². The summed E-state index contributed by atoms with van der Waals surface area (Å²) < 4.78 is 1.48. The van der Waals surface area contributed by atoms with E-state index in [0.29, 0.717) is 11.0 Å². The Kier molecular flexibility index (Phi) is 2.42. The molecule has 1 aromatic carbocycles. The number of nitrogens with one attached hydrogen (secondary N) is 1. The number of aromatic nitrogens is 5. The Bertz CT molecular complexity index is 835. The van der Waals surface area contributed by atoms with Gasteiger partial charge in [0.05, 0.1) is 12.2 Å². The van der Waals surface area contributed by atoms with Gasteiger partial charge in [-0.05, 0) is 30.4 Å². The lowest BCUT2D eigenvalue weighted by atomic mass is 9.88. The van der Waals surface area contributed by atoms with Gasteiger partial charge in [-0.15, -0.1) is 5.10 Å². The highest BCUT2D eigenvalue weighted by atomic mass is 16.1. The summed E-state index contributed by atoms with van der Waals surface area (Å²) in [5.74, 6) is 0. The van der Waals surface area contributed by atoms with Gasteiger partial charge in [-0.1, -0.05) is 29.5 Å². The van der Waals surface area contributed by atoms with Crippen LogP contribution >= 0.6 is 0 Å². The molecular formula is C14H13N5O. The monoisotopic (exact) mass is 267 g/mol. The number of benzene rings is 1. The van der Waals surface area contributed by atoms with Crippen molar-refractivity contribution >= 4 is 11.0 Å². The maximum Gasteiger partial charge on any atom is 0.296 e. The van der Waals surface area contributed by atoms with E-state index in [4.69, 9.17) is 0 Å². The van der Waals surface area contributed by atoms with Gasteiger partial charge in [-0.25, -0.2) is 4.68 Å². The predicted octanol–water partition coefficient (Wildman–Crippen LogP) is 1.44. The number of rotatable bonds is 1. The third-order valence-corrected chi connectivity index (χ3v) is 3.92. The van der Waals surface area contributed by atoms with E-state index in [-0.39, 0.29) is 11.6 Å². The molecule has 0 unspecified atom stereocenters. The molecule has 1 aliphatic rings. The van der Waals surface area contributed by atoms with Crippen LogP contribution in [0.4, 0.5) is 0 Å². The number of aryl methyl sites for hydroxylation is 1. The van der Waals surface area contributed by atoms with Gasteiger partial charge in [0.1, 0.15) is 5.52 Å².